The van der Waals surface area contributed by atoms with Gasteiger partial charge in [0.2, 0.25) is 5.78 Å². The minimum Gasteiger partial charge on any atom is -0.507 e. The van der Waals surface area contributed by atoms with Crippen LogP contribution in [0.1, 0.15) is 37.4 Å². The molecule has 0 saturated carbocycles. The van der Waals surface area contributed by atoms with Gasteiger partial charge in [-0.05, 0) is 18.6 Å². The average Bonchev–Trinajstić information content (AvgIpc) is 2.62. The van der Waals surface area contributed by atoms with E-state index in [1.165, 1.54) is 6.07 Å². The van der Waals surface area contributed by atoms with Gasteiger partial charge in [-0.1, -0.05) is 60.7 Å². The molecule has 3 rings (SSSR count). The van der Waals surface area contributed by atoms with Gasteiger partial charge in [0.05, 0.1) is 5.56 Å². The summed E-state index contributed by atoms with van der Waals surface area (Å²) < 4.78 is 0. The molecular formula is C21H16O4. The van der Waals surface area contributed by atoms with Gasteiger partial charge in [-0.15, -0.1) is 0 Å². The molecule has 0 aromatic heterocycles. The Balaban J connectivity index is 2.16. The molecule has 4 nitrogen and oxygen atoms in total. The van der Waals surface area contributed by atoms with Crippen molar-refractivity contribution >= 4 is 11.6 Å². The molecule has 0 aliphatic carbocycles. The van der Waals surface area contributed by atoms with Crippen molar-refractivity contribution in [3.63, 3.8) is 0 Å². The number of carbonyl (C=O) groups excluding carboxylic acids is 2. The van der Waals surface area contributed by atoms with E-state index in [-0.39, 0.29) is 16.9 Å². The van der Waals surface area contributed by atoms with E-state index in [1.54, 1.807) is 67.6 Å². The first-order valence-electron chi connectivity index (χ1n) is 7.75. The highest BCUT2D eigenvalue weighted by molar-refractivity contribution is 6.17. The molecule has 0 aliphatic rings. The summed E-state index contributed by atoms with van der Waals surface area (Å²) in [4.78, 5) is 25.4. The van der Waals surface area contributed by atoms with Gasteiger partial charge in [-0.25, -0.2) is 0 Å². The Morgan fingerprint density at radius 1 is 0.720 bits per heavy atom. The van der Waals surface area contributed by atoms with E-state index in [4.69, 9.17) is 0 Å². The van der Waals surface area contributed by atoms with Gasteiger partial charge in [0, 0.05) is 11.1 Å². The first-order valence-corrected chi connectivity index (χ1v) is 7.75. The van der Waals surface area contributed by atoms with Gasteiger partial charge in [-0.2, -0.15) is 0 Å². The van der Waals surface area contributed by atoms with Crippen molar-refractivity contribution in [2.45, 2.75) is 6.92 Å². The summed E-state index contributed by atoms with van der Waals surface area (Å²) in [7, 11) is 0. The van der Waals surface area contributed by atoms with E-state index in [2.05, 4.69) is 0 Å². The number of aromatic hydroxyl groups is 2. The molecular weight excluding hydrogens is 316 g/mol. The van der Waals surface area contributed by atoms with Crippen LogP contribution in [0.15, 0.2) is 66.7 Å². The Kier molecular flexibility index (Phi) is 4.35. The Morgan fingerprint density at radius 3 is 1.64 bits per heavy atom. The molecule has 0 heterocycles. The van der Waals surface area contributed by atoms with Crippen LogP contribution >= 0.6 is 0 Å². The molecule has 4 heteroatoms. The summed E-state index contributed by atoms with van der Waals surface area (Å²) in [5.74, 6) is -1.80. The molecule has 3 aromatic rings. The van der Waals surface area contributed by atoms with Crippen LogP contribution in [0.25, 0.3) is 0 Å². The maximum absolute atomic E-state index is 12.8. The van der Waals surface area contributed by atoms with E-state index in [0.717, 1.165) is 0 Å². The van der Waals surface area contributed by atoms with Crippen LogP contribution in [0.3, 0.4) is 0 Å². The lowest BCUT2D eigenvalue weighted by atomic mass is 9.92. The molecule has 0 spiro atoms. The predicted molar refractivity (Wildman–Crippen MR) is 94.3 cm³/mol. The molecule has 0 unspecified atom stereocenters. The summed E-state index contributed by atoms with van der Waals surface area (Å²) in [6.07, 6.45) is 0. The molecule has 25 heavy (non-hydrogen) atoms. The van der Waals surface area contributed by atoms with E-state index < -0.39 is 17.3 Å². The number of carbonyl (C=O) groups is 2. The molecule has 0 amide bonds. The number of hydrogen-bond acceptors (Lipinski definition) is 4. The number of hydrogen-bond donors (Lipinski definition) is 2. The van der Waals surface area contributed by atoms with Crippen molar-refractivity contribution in [1.82, 2.24) is 0 Å². The number of aryl methyl sites for hydroxylation is 1. The van der Waals surface area contributed by atoms with Crippen LogP contribution in [0, 0.1) is 6.92 Å². The average molecular weight is 332 g/mol. The van der Waals surface area contributed by atoms with E-state index in [9.17, 15) is 19.8 Å². The van der Waals surface area contributed by atoms with Crippen LogP contribution in [0.5, 0.6) is 11.5 Å². The van der Waals surface area contributed by atoms with Crippen LogP contribution in [0.2, 0.25) is 0 Å². The Hall–Kier alpha value is -3.40. The third kappa shape index (κ3) is 3.02. The van der Waals surface area contributed by atoms with E-state index >= 15 is 0 Å². The fourth-order valence-corrected chi connectivity index (χ4v) is 2.76. The molecule has 2 N–H and O–H groups in total. The highest BCUT2D eigenvalue weighted by Crippen LogP contribution is 2.36. The normalized spacial score (nSPS) is 10.4. The Labute approximate surface area is 145 Å². The van der Waals surface area contributed by atoms with Crippen LogP contribution < -0.4 is 0 Å². The van der Waals surface area contributed by atoms with Crippen molar-refractivity contribution in [3.05, 3.63) is 94.5 Å². The van der Waals surface area contributed by atoms with Crippen molar-refractivity contribution in [3.8, 4) is 11.5 Å². The molecule has 3 aromatic carbocycles. The van der Waals surface area contributed by atoms with Gasteiger partial charge in [-0.3, -0.25) is 9.59 Å². The molecule has 0 bridgehead atoms. The Bertz CT molecular complexity index is 869. The summed E-state index contributed by atoms with van der Waals surface area (Å²) >= 11 is 0. The highest BCUT2D eigenvalue weighted by Gasteiger charge is 2.26. The lowest BCUT2D eigenvalue weighted by Gasteiger charge is -2.13. The smallest absolute Gasteiger partial charge is 0.200 e. The number of phenolic OH excluding ortho intramolecular Hbond substituents is 2. The van der Waals surface area contributed by atoms with Crippen molar-refractivity contribution in [2.75, 3.05) is 0 Å². The first-order chi connectivity index (χ1) is 12.0. The Morgan fingerprint density at radius 2 is 1.16 bits per heavy atom. The zero-order valence-corrected chi connectivity index (χ0v) is 13.6. The zero-order chi connectivity index (χ0) is 18.0. The monoisotopic (exact) mass is 332 g/mol. The SMILES string of the molecule is Cc1cc(O)c(C(=O)c2ccccc2)c(O)c1C(=O)c1ccccc1. The van der Waals surface area contributed by atoms with E-state index in [0.29, 0.717) is 16.7 Å². The summed E-state index contributed by atoms with van der Waals surface area (Å²) in [6.45, 7) is 1.60. The minimum absolute atomic E-state index is 0.0169. The summed E-state index contributed by atoms with van der Waals surface area (Å²) in [6, 6.07) is 18.1. The lowest BCUT2D eigenvalue weighted by molar-refractivity contribution is 0.103. The maximum Gasteiger partial charge on any atom is 0.200 e. The third-order valence-corrected chi connectivity index (χ3v) is 4.00. The molecule has 0 atom stereocenters. The number of rotatable bonds is 4. The van der Waals surface area contributed by atoms with Crippen LogP contribution in [0.4, 0.5) is 0 Å². The lowest BCUT2D eigenvalue weighted by Crippen LogP contribution is -2.09. The fraction of sp³-hybridized carbons (Fsp3) is 0.0476. The predicted octanol–water partition coefficient (Wildman–Crippen LogP) is 3.87. The standard InChI is InChI=1S/C21H16O4/c1-13-12-16(22)18(20(24)15-10-6-3-7-11-15)21(25)17(13)19(23)14-8-4-2-5-9-14/h2-12,22,25H,1H3. The third-order valence-electron chi connectivity index (χ3n) is 4.00. The van der Waals surface area contributed by atoms with Crippen molar-refractivity contribution in [1.29, 1.82) is 0 Å². The number of phenols is 2. The topological polar surface area (TPSA) is 74.6 Å². The zero-order valence-electron chi connectivity index (χ0n) is 13.6. The molecule has 0 aliphatic heterocycles. The summed E-state index contributed by atoms with van der Waals surface area (Å²) in [5.41, 5.74) is 0.854. The van der Waals surface area contributed by atoms with Crippen molar-refractivity contribution in [2.24, 2.45) is 0 Å². The van der Waals surface area contributed by atoms with Crippen molar-refractivity contribution < 1.29 is 19.8 Å². The van der Waals surface area contributed by atoms with Gasteiger partial charge in [0.15, 0.2) is 5.78 Å². The second-order valence-electron chi connectivity index (χ2n) is 5.70. The fourth-order valence-electron chi connectivity index (χ4n) is 2.76. The minimum atomic E-state index is -0.544. The second kappa shape index (κ2) is 6.61. The molecule has 124 valence electrons. The van der Waals surface area contributed by atoms with Gasteiger partial charge in [0.25, 0.3) is 0 Å². The number of benzene rings is 3. The maximum atomic E-state index is 12.8. The molecule has 0 fully saturated rings. The highest BCUT2D eigenvalue weighted by atomic mass is 16.3. The molecule has 0 saturated heterocycles. The van der Waals surface area contributed by atoms with E-state index in [1.807, 2.05) is 0 Å². The second-order valence-corrected chi connectivity index (χ2v) is 5.70. The number of ketones is 2. The largest absolute Gasteiger partial charge is 0.507 e. The van der Waals surface area contributed by atoms with Gasteiger partial charge >= 0.3 is 0 Å². The summed E-state index contributed by atoms with van der Waals surface area (Å²) in [5, 5.41) is 20.8. The van der Waals surface area contributed by atoms with Crippen LogP contribution in [-0.2, 0) is 0 Å². The van der Waals surface area contributed by atoms with Gasteiger partial charge < -0.3 is 10.2 Å². The van der Waals surface area contributed by atoms with Gasteiger partial charge in [0.1, 0.15) is 17.1 Å². The first kappa shape index (κ1) is 16.5. The van der Waals surface area contributed by atoms with Crippen LogP contribution in [-0.4, -0.2) is 21.8 Å². The quantitative estimate of drug-likeness (QED) is 0.711. The molecule has 0 radical (unpaired) electrons.